The van der Waals surface area contributed by atoms with Crippen LogP contribution in [0.4, 0.5) is 0 Å². The average molecular weight is 268 g/mol. The maximum atomic E-state index is 5.59. The molecule has 0 fully saturated rings. The molecule has 0 heterocycles. The van der Waals surface area contributed by atoms with E-state index in [-0.39, 0.29) is 0 Å². The zero-order valence-corrected chi connectivity index (χ0v) is 12.2. The van der Waals surface area contributed by atoms with Gasteiger partial charge in [0.05, 0.1) is 26.4 Å². The van der Waals surface area contributed by atoms with Gasteiger partial charge >= 0.3 is 9.05 Å². The van der Waals surface area contributed by atoms with Crippen LogP contribution < -0.4 is 0 Å². The van der Waals surface area contributed by atoms with Crippen molar-refractivity contribution in [2.24, 2.45) is 0 Å². The minimum atomic E-state index is -3.03. The Labute approximate surface area is 105 Å². The van der Waals surface area contributed by atoms with E-state index in [1.807, 2.05) is 13.8 Å². The van der Waals surface area contributed by atoms with Crippen LogP contribution in [0.3, 0.4) is 0 Å². The molecule has 0 saturated heterocycles. The van der Waals surface area contributed by atoms with Crippen LogP contribution in [0.2, 0.25) is 0 Å². The topological polar surface area (TPSA) is 55.4 Å². The molecule has 0 aromatic heterocycles. The van der Waals surface area contributed by atoms with Crippen molar-refractivity contribution in [3.05, 3.63) is 0 Å². The largest absolute Gasteiger partial charge is 0.679 e. The molecule has 0 spiro atoms. The molecule has 0 atom stereocenters. The summed E-state index contributed by atoms with van der Waals surface area (Å²) in [6.45, 7) is 6.43. The molecule has 0 bridgehead atoms. The normalized spacial score (nSPS) is 12.0. The molecule has 0 unspecified atom stereocenters. The second kappa shape index (κ2) is 11.1. The maximum Gasteiger partial charge on any atom is 0.679 e. The molecule has 104 valence electrons. The lowest BCUT2D eigenvalue weighted by molar-refractivity contribution is -0.0456. The summed E-state index contributed by atoms with van der Waals surface area (Å²) in [6.07, 6.45) is 0. The molecule has 7 heteroatoms. The predicted molar refractivity (Wildman–Crippen MR) is 64.7 cm³/mol. The summed E-state index contributed by atoms with van der Waals surface area (Å²) in [7, 11) is 0.192. The fourth-order valence-electron chi connectivity index (χ4n) is 1.10. The number of hydrogen-bond donors (Lipinski definition) is 0. The van der Waals surface area contributed by atoms with Crippen molar-refractivity contribution in [1.29, 1.82) is 0 Å². The molecular weight excluding hydrogens is 244 g/mol. The molecule has 0 N–H and O–H groups in total. The van der Waals surface area contributed by atoms with E-state index >= 15 is 0 Å². The van der Waals surface area contributed by atoms with Crippen molar-refractivity contribution in [2.45, 2.75) is 13.8 Å². The van der Waals surface area contributed by atoms with Crippen molar-refractivity contribution in [3.63, 3.8) is 0 Å². The first-order valence-electron chi connectivity index (χ1n) is 5.78. The van der Waals surface area contributed by atoms with E-state index < -0.39 is 9.05 Å². The molecule has 0 radical (unpaired) electrons. The Bertz CT molecular complexity index is 151. The van der Waals surface area contributed by atoms with Crippen molar-refractivity contribution in [3.8, 4) is 0 Å². The van der Waals surface area contributed by atoms with E-state index in [0.717, 1.165) is 0 Å². The van der Waals surface area contributed by atoms with Gasteiger partial charge < -0.3 is 27.2 Å². The van der Waals surface area contributed by atoms with Crippen molar-refractivity contribution >= 4 is 9.05 Å². The summed E-state index contributed by atoms with van der Waals surface area (Å²) in [5, 5.41) is 0. The van der Waals surface area contributed by atoms with Gasteiger partial charge in [-0.3, -0.25) is 0 Å². The molecule has 0 aliphatic carbocycles. The van der Waals surface area contributed by atoms with E-state index in [1.165, 1.54) is 0 Å². The van der Waals surface area contributed by atoms with Crippen molar-refractivity contribution in [1.82, 2.24) is 0 Å². The fraction of sp³-hybridized carbons (Fsp3) is 1.00. The highest BCUT2D eigenvalue weighted by atomic mass is 28.4. The molecule has 0 amide bonds. The first kappa shape index (κ1) is 17.0. The molecule has 0 aliphatic heterocycles. The van der Waals surface area contributed by atoms with Crippen LogP contribution in [0.25, 0.3) is 0 Å². The molecule has 0 aromatic carbocycles. The molecule has 0 aromatic rings. The molecule has 0 aliphatic rings. The number of rotatable bonds is 12. The molecular formula is C10H24O6Si. The van der Waals surface area contributed by atoms with Crippen LogP contribution in [0, 0.1) is 0 Å². The standard InChI is InChI=1S/C10H24O6Si/c1-5-13-17(14-6-2,15-9-7-11-3)16-10-8-12-4/h5-10H2,1-4H3. The predicted octanol–water partition coefficient (Wildman–Crippen LogP) is 0.821. The quantitative estimate of drug-likeness (QED) is 0.386. The lowest BCUT2D eigenvalue weighted by atomic mass is 10.8. The average Bonchev–Trinajstić information content (AvgIpc) is 2.30. The lowest BCUT2D eigenvalue weighted by Crippen LogP contribution is -2.50. The van der Waals surface area contributed by atoms with Crippen LogP contribution in [-0.2, 0) is 27.2 Å². The van der Waals surface area contributed by atoms with E-state index in [0.29, 0.717) is 39.6 Å². The van der Waals surface area contributed by atoms with Gasteiger partial charge in [-0.2, -0.15) is 0 Å². The van der Waals surface area contributed by atoms with Crippen LogP contribution in [-0.4, -0.2) is 62.9 Å². The second-order valence-corrected chi connectivity index (χ2v) is 5.20. The summed E-state index contributed by atoms with van der Waals surface area (Å²) in [5.41, 5.74) is 0. The summed E-state index contributed by atoms with van der Waals surface area (Å²) in [4.78, 5) is 0. The molecule has 0 rings (SSSR count). The van der Waals surface area contributed by atoms with Gasteiger partial charge in [0.2, 0.25) is 0 Å². The minimum absolute atomic E-state index is 0.385. The van der Waals surface area contributed by atoms with Crippen LogP contribution in [0.5, 0.6) is 0 Å². The van der Waals surface area contributed by atoms with Gasteiger partial charge in [-0.25, -0.2) is 0 Å². The highest BCUT2D eigenvalue weighted by molar-refractivity contribution is 6.53. The first-order valence-corrected chi connectivity index (χ1v) is 7.41. The number of methoxy groups -OCH3 is 2. The second-order valence-electron chi connectivity index (χ2n) is 3.05. The smallest absolute Gasteiger partial charge is 0.382 e. The Kier molecular flexibility index (Phi) is 11.1. The van der Waals surface area contributed by atoms with Gasteiger partial charge in [-0.1, -0.05) is 0 Å². The highest BCUT2D eigenvalue weighted by Gasteiger charge is 2.45. The fourth-order valence-corrected chi connectivity index (χ4v) is 2.98. The van der Waals surface area contributed by atoms with Crippen LogP contribution in [0.15, 0.2) is 0 Å². The zero-order chi connectivity index (χ0) is 13.0. The van der Waals surface area contributed by atoms with E-state index in [1.54, 1.807) is 14.2 Å². The Balaban J connectivity index is 4.25. The third-order valence-corrected chi connectivity index (χ3v) is 4.17. The van der Waals surface area contributed by atoms with Gasteiger partial charge in [0.25, 0.3) is 0 Å². The SMILES string of the molecule is CCO[Si](OCC)(OCCOC)OCCOC. The first-order chi connectivity index (χ1) is 8.24. The van der Waals surface area contributed by atoms with Gasteiger partial charge in [-0.15, -0.1) is 0 Å². The molecule has 0 saturated carbocycles. The lowest BCUT2D eigenvalue weighted by Gasteiger charge is -2.27. The van der Waals surface area contributed by atoms with E-state index in [2.05, 4.69) is 0 Å². The van der Waals surface area contributed by atoms with Crippen molar-refractivity contribution in [2.75, 3.05) is 53.9 Å². The summed E-state index contributed by atoms with van der Waals surface area (Å²) in [6, 6.07) is 0. The Morgan fingerprint density at radius 2 is 1.06 bits per heavy atom. The maximum absolute atomic E-state index is 5.59. The van der Waals surface area contributed by atoms with Gasteiger partial charge in [0.15, 0.2) is 0 Å². The number of ether oxygens (including phenoxy) is 2. The van der Waals surface area contributed by atoms with Gasteiger partial charge in [-0.05, 0) is 13.8 Å². The Morgan fingerprint density at radius 1 is 0.647 bits per heavy atom. The van der Waals surface area contributed by atoms with E-state index in [4.69, 9.17) is 27.2 Å². The highest BCUT2D eigenvalue weighted by Crippen LogP contribution is 2.11. The van der Waals surface area contributed by atoms with Crippen molar-refractivity contribution < 1.29 is 27.2 Å². The summed E-state index contributed by atoms with van der Waals surface area (Å²) >= 11 is 0. The van der Waals surface area contributed by atoms with Gasteiger partial charge in [0, 0.05) is 27.4 Å². The zero-order valence-electron chi connectivity index (χ0n) is 11.2. The molecule has 17 heavy (non-hydrogen) atoms. The van der Waals surface area contributed by atoms with Crippen LogP contribution in [0.1, 0.15) is 13.8 Å². The van der Waals surface area contributed by atoms with Gasteiger partial charge in [0.1, 0.15) is 0 Å². The van der Waals surface area contributed by atoms with E-state index in [9.17, 15) is 0 Å². The monoisotopic (exact) mass is 268 g/mol. The van der Waals surface area contributed by atoms with Crippen LogP contribution >= 0.6 is 0 Å². The Hall–Kier alpha value is -0.0231. The molecule has 6 nitrogen and oxygen atoms in total. The minimum Gasteiger partial charge on any atom is -0.382 e. The number of hydrogen-bond acceptors (Lipinski definition) is 6. The summed E-state index contributed by atoms with van der Waals surface area (Å²) < 4.78 is 32.1. The Morgan fingerprint density at radius 3 is 1.35 bits per heavy atom. The third kappa shape index (κ3) is 7.82. The summed E-state index contributed by atoms with van der Waals surface area (Å²) in [5.74, 6) is 0. The third-order valence-electron chi connectivity index (χ3n) is 1.77.